The van der Waals surface area contributed by atoms with Crippen LogP contribution in [0.15, 0.2) is 41.5 Å². The van der Waals surface area contributed by atoms with Crippen molar-refractivity contribution in [1.29, 1.82) is 0 Å². The average molecular weight is 278 g/mol. The number of benzene rings is 1. The van der Waals surface area contributed by atoms with E-state index in [1.165, 1.54) is 16.0 Å². The lowest BCUT2D eigenvalue weighted by Crippen LogP contribution is -2.22. The molecule has 4 nitrogen and oxygen atoms in total. The van der Waals surface area contributed by atoms with Gasteiger partial charge in [0.25, 0.3) is 5.56 Å². The summed E-state index contributed by atoms with van der Waals surface area (Å²) < 4.78 is 1.89. The number of aromatic nitrogens is 3. The van der Waals surface area contributed by atoms with E-state index in [0.717, 1.165) is 10.3 Å². The maximum atomic E-state index is 12.2. The summed E-state index contributed by atoms with van der Waals surface area (Å²) in [6, 6.07) is 7.40. The number of nitrogens with zero attached hydrogens (tertiary/aromatic N) is 3. The molecule has 0 radical (unpaired) electrons. The second-order valence-electron chi connectivity index (χ2n) is 3.77. The summed E-state index contributed by atoms with van der Waals surface area (Å²) in [5.41, 5.74) is -0.0994. The van der Waals surface area contributed by atoms with E-state index in [1.807, 2.05) is 18.2 Å². The number of hydrogen-bond donors (Lipinski definition) is 0. The lowest BCUT2D eigenvalue weighted by molar-refractivity contribution is 0.653. The number of thiazole rings is 1. The van der Waals surface area contributed by atoms with Crippen molar-refractivity contribution in [2.45, 2.75) is 6.54 Å². The molecule has 0 bridgehead atoms. The molecule has 2 heterocycles. The largest absolute Gasteiger partial charge is 0.274 e. The normalized spacial score (nSPS) is 10.9. The van der Waals surface area contributed by atoms with E-state index in [-0.39, 0.29) is 5.56 Å². The zero-order valence-corrected chi connectivity index (χ0v) is 10.8. The van der Waals surface area contributed by atoms with Crippen molar-refractivity contribution in [2.24, 2.45) is 0 Å². The van der Waals surface area contributed by atoms with Gasteiger partial charge in [-0.05, 0) is 6.07 Å². The topological polar surface area (TPSA) is 47.8 Å². The summed E-state index contributed by atoms with van der Waals surface area (Å²) in [6.07, 6.45) is 3.36. The smallest absolute Gasteiger partial charge is 0.267 e. The Morgan fingerprint density at radius 2 is 2.11 bits per heavy atom. The fourth-order valence-corrected chi connectivity index (χ4v) is 2.70. The van der Waals surface area contributed by atoms with Crippen molar-refractivity contribution < 1.29 is 0 Å². The van der Waals surface area contributed by atoms with Crippen LogP contribution < -0.4 is 5.56 Å². The molecule has 3 rings (SSSR count). The minimum Gasteiger partial charge on any atom is -0.267 e. The molecule has 0 spiro atoms. The first-order chi connectivity index (χ1) is 8.74. The van der Waals surface area contributed by atoms with Gasteiger partial charge in [-0.15, -0.1) is 11.3 Å². The molecule has 0 unspecified atom stereocenters. The van der Waals surface area contributed by atoms with Crippen LogP contribution in [0.2, 0.25) is 4.47 Å². The first-order valence-corrected chi connectivity index (χ1v) is 6.48. The van der Waals surface area contributed by atoms with Gasteiger partial charge >= 0.3 is 0 Å². The van der Waals surface area contributed by atoms with E-state index < -0.39 is 0 Å². The van der Waals surface area contributed by atoms with Crippen LogP contribution in [0.25, 0.3) is 10.8 Å². The molecule has 6 heteroatoms. The zero-order chi connectivity index (χ0) is 12.5. The van der Waals surface area contributed by atoms with Gasteiger partial charge in [-0.1, -0.05) is 29.8 Å². The van der Waals surface area contributed by atoms with Gasteiger partial charge in [0.2, 0.25) is 0 Å². The highest BCUT2D eigenvalue weighted by Crippen LogP contribution is 2.18. The number of halogens is 1. The molecule has 0 amide bonds. The van der Waals surface area contributed by atoms with Crippen LogP contribution in [0.4, 0.5) is 0 Å². The molecule has 0 aliphatic heterocycles. The highest BCUT2D eigenvalue weighted by Gasteiger charge is 2.06. The molecule has 0 aliphatic rings. The molecular weight excluding hydrogens is 270 g/mol. The van der Waals surface area contributed by atoms with Crippen LogP contribution in [0.3, 0.4) is 0 Å². The van der Waals surface area contributed by atoms with Gasteiger partial charge in [-0.3, -0.25) is 4.79 Å². The Bertz CT molecular complexity index is 765. The molecule has 0 saturated heterocycles. The molecule has 0 fully saturated rings. The van der Waals surface area contributed by atoms with Crippen molar-refractivity contribution in [3.63, 3.8) is 0 Å². The summed E-state index contributed by atoms with van der Waals surface area (Å²) in [6.45, 7) is 0.397. The van der Waals surface area contributed by atoms with Gasteiger partial charge in [-0.2, -0.15) is 5.10 Å². The van der Waals surface area contributed by atoms with E-state index >= 15 is 0 Å². The van der Waals surface area contributed by atoms with E-state index in [2.05, 4.69) is 10.1 Å². The molecule has 1 aromatic carbocycles. The Hall–Kier alpha value is -1.72. The number of fused-ring (bicyclic) bond motifs is 1. The monoisotopic (exact) mass is 277 g/mol. The van der Waals surface area contributed by atoms with Gasteiger partial charge in [0.1, 0.15) is 0 Å². The Kier molecular flexibility index (Phi) is 2.85. The predicted octanol–water partition coefficient (Wildman–Crippen LogP) is 2.55. The maximum absolute atomic E-state index is 12.2. The van der Waals surface area contributed by atoms with E-state index in [1.54, 1.807) is 18.5 Å². The standard InChI is InChI=1S/C12H8ClN3OS/c13-12-14-6-9(18-12)7-16-11(17)10-4-2-1-3-8(10)5-15-16/h1-6H,7H2. The molecule has 90 valence electrons. The summed E-state index contributed by atoms with van der Waals surface area (Å²) in [4.78, 5) is 17.0. The molecule has 3 aromatic rings. The molecule has 0 atom stereocenters. The lowest BCUT2D eigenvalue weighted by atomic mass is 10.2. The van der Waals surface area contributed by atoms with Crippen molar-refractivity contribution in [1.82, 2.24) is 14.8 Å². The third kappa shape index (κ3) is 2.02. The van der Waals surface area contributed by atoms with Crippen molar-refractivity contribution in [3.8, 4) is 0 Å². The average Bonchev–Trinajstić information content (AvgIpc) is 2.79. The highest BCUT2D eigenvalue weighted by molar-refractivity contribution is 7.15. The summed E-state index contributed by atoms with van der Waals surface area (Å²) in [7, 11) is 0. The number of rotatable bonds is 2. The van der Waals surface area contributed by atoms with E-state index in [4.69, 9.17) is 11.6 Å². The van der Waals surface area contributed by atoms with Crippen LogP contribution in [0, 0.1) is 0 Å². The van der Waals surface area contributed by atoms with Gasteiger partial charge in [0.15, 0.2) is 4.47 Å². The Labute approximate surface area is 111 Å². The summed E-state index contributed by atoms with van der Waals surface area (Å²) in [5.74, 6) is 0. The molecule has 0 aliphatic carbocycles. The Morgan fingerprint density at radius 3 is 2.89 bits per heavy atom. The molecule has 0 saturated carbocycles. The second kappa shape index (κ2) is 4.51. The van der Waals surface area contributed by atoms with Crippen molar-refractivity contribution in [2.75, 3.05) is 0 Å². The van der Waals surface area contributed by atoms with Gasteiger partial charge in [-0.25, -0.2) is 9.67 Å². The second-order valence-corrected chi connectivity index (χ2v) is 5.47. The SMILES string of the molecule is O=c1c2ccccc2cnn1Cc1cnc(Cl)s1. The van der Waals surface area contributed by atoms with Crippen molar-refractivity contribution >= 4 is 33.7 Å². The molecular formula is C12H8ClN3OS. The fraction of sp³-hybridized carbons (Fsp3) is 0.0833. The van der Waals surface area contributed by atoms with Crippen LogP contribution in [-0.4, -0.2) is 14.8 Å². The summed E-state index contributed by atoms with van der Waals surface area (Å²) in [5, 5.41) is 5.67. The van der Waals surface area contributed by atoms with Gasteiger partial charge in [0.05, 0.1) is 18.1 Å². The third-order valence-corrected chi connectivity index (χ3v) is 3.69. The Balaban J connectivity index is 2.08. The predicted molar refractivity (Wildman–Crippen MR) is 72.2 cm³/mol. The Morgan fingerprint density at radius 1 is 1.28 bits per heavy atom. The van der Waals surface area contributed by atoms with Crippen LogP contribution >= 0.6 is 22.9 Å². The first-order valence-electron chi connectivity index (χ1n) is 5.29. The lowest BCUT2D eigenvalue weighted by Gasteiger charge is -2.03. The number of hydrogen-bond acceptors (Lipinski definition) is 4. The van der Waals surface area contributed by atoms with Crippen molar-refractivity contribution in [3.05, 3.63) is 56.4 Å². The minimum absolute atomic E-state index is 0.0994. The molecule has 0 N–H and O–H groups in total. The fourth-order valence-electron chi connectivity index (χ4n) is 1.74. The summed E-state index contributed by atoms with van der Waals surface area (Å²) >= 11 is 7.11. The van der Waals surface area contributed by atoms with Crippen LogP contribution in [-0.2, 0) is 6.54 Å². The molecule has 18 heavy (non-hydrogen) atoms. The highest BCUT2D eigenvalue weighted by atomic mass is 35.5. The van der Waals surface area contributed by atoms with E-state index in [0.29, 0.717) is 16.4 Å². The minimum atomic E-state index is -0.0994. The molecule has 2 aromatic heterocycles. The van der Waals surface area contributed by atoms with Crippen LogP contribution in [0.1, 0.15) is 4.88 Å². The van der Waals surface area contributed by atoms with E-state index in [9.17, 15) is 4.79 Å². The third-order valence-electron chi connectivity index (χ3n) is 2.59. The quantitative estimate of drug-likeness (QED) is 0.723. The zero-order valence-electron chi connectivity index (χ0n) is 9.21. The maximum Gasteiger partial charge on any atom is 0.274 e. The van der Waals surface area contributed by atoms with Crippen LogP contribution in [0.5, 0.6) is 0 Å². The first kappa shape index (κ1) is 11.4. The van der Waals surface area contributed by atoms with Gasteiger partial charge in [0, 0.05) is 16.5 Å². The van der Waals surface area contributed by atoms with Gasteiger partial charge < -0.3 is 0 Å².